The van der Waals surface area contributed by atoms with Crippen LogP contribution in [0.15, 0.2) is 76.7 Å². The number of nitrogens with one attached hydrogen (secondary N) is 1. The molecule has 0 spiro atoms. The average Bonchev–Trinajstić information content (AvgIpc) is 2.73. The predicted octanol–water partition coefficient (Wildman–Crippen LogP) is 3.29. The summed E-state index contributed by atoms with van der Waals surface area (Å²) in [5.41, 5.74) is 0.579. The molecule has 0 bridgehead atoms. The zero-order valence-electron chi connectivity index (χ0n) is 15.9. The fourth-order valence-corrected chi connectivity index (χ4v) is 4.38. The maximum Gasteiger partial charge on any atom is 0.240 e. The van der Waals surface area contributed by atoms with Gasteiger partial charge < -0.3 is 4.74 Å². The monoisotopic (exact) mass is 450 g/mol. The Bertz CT molecular complexity index is 1230. The Labute approximate surface area is 174 Å². The van der Waals surface area contributed by atoms with E-state index in [4.69, 9.17) is 4.74 Å². The fraction of sp³-hybridized carbons (Fsp3) is 0.150. The number of halogens is 1. The van der Waals surface area contributed by atoms with Crippen LogP contribution >= 0.6 is 0 Å². The maximum absolute atomic E-state index is 13.2. The number of rotatable bonds is 8. The number of aromatic nitrogens is 1. The van der Waals surface area contributed by atoms with Gasteiger partial charge in [-0.05, 0) is 42.0 Å². The quantitative estimate of drug-likeness (QED) is 0.565. The second kappa shape index (κ2) is 8.90. The topological polar surface area (TPSA) is 102 Å². The molecule has 3 rings (SSSR count). The third-order valence-corrected chi connectivity index (χ3v) is 7.32. The van der Waals surface area contributed by atoms with E-state index in [0.717, 1.165) is 0 Å². The molecule has 30 heavy (non-hydrogen) atoms. The van der Waals surface area contributed by atoms with Crippen molar-refractivity contribution >= 4 is 19.9 Å². The minimum atomic E-state index is -3.84. The first-order valence-corrected chi connectivity index (χ1v) is 12.0. The Kier molecular flexibility index (Phi) is 6.49. The summed E-state index contributed by atoms with van der Waals surface area (Å²) < 4.78 is 69.6. The van der Waals surface area contributed by atoms with Crippen molar-refractivity contribution in [2.45, 2.75) is 23.3 Å². The molecule has 0 aliphatic carbocycles. The number of sulfonamides is 1. The van der Waals surface area contributed by atoms with E-state index in [1.807, 2.05) is 0 Å². The van der Waals surface area contributed by atoms with Gasteiger partial charge in [-0.15, -0.1) is 0 Å². The number of nitrogens with zero attached hydrogens (tertiary/aromatic N) is 1. The average molecular weight is 451 g/mol. The van der Waals surface area contributed by atoms with Crippen LogP contribution in [0.25, 0.3) is 0 Å². The van der Waals surface area contributed by atoms with E-state index < -0.39 is 25.7 Å². The van der Waals surface area contributed by atoms with Crippen molar-refractivity contribution in [2.75, 3.05) is 5.75 Å². The standard InChI is InChI=1S/C20H19FN2O5S2/c1-2-29(24,25)18-7-9-19(10-8-18)30(26,27)23-14-15-6-11-20(22-13-15)28-17-5-3-4-16(21)12-17/h3-13,23H,2,14H2,1H3. The van der Waals surface area contributed by atoms with Crippen LogP contribution in [0.4, 0.5) is 4.39 Å². The number of hydrogen-bond acceptors (Lipinski definition) is 6. The van der Waals surface area contributed by atoms with Crippen LogP contribution in [-0.4, -0.2) is 27.6 Å². The van der Waals surface area contributed by atoms with Gasteiger partial charge >= 0.3 is 0 Å². The zero-order valence-corrected chi connectivity index (χ0v) is 17.6. The van der Waals surface area contributed by atoms with Crippen molar-refractivity contribution < 1.29 is 26.0 Å². The summed E-state index contributed by atoms with van der Waals surface area (Å²) in [5.74, 6) is 0.0340. The molecule has 1 heterocycles. The Morgan fingerprint density at radius 3 is 2.27 bits per heavy atom. The first kappa shape index (κ1) is 21.9. The van der Waals surface area contributed by atoms with E-state index in [0.29, 0.717) is 11.3 Å². The van der Waals surface area contributed by atoms with E-state index in [9.17, 15) is 21.2 Å². The van der Waals surface area contributed by atoms with E-state index >= 15 is 0 Å². The van der Waals surface area contributed by atoms with Gasteiger partial charge in [-0.1, -0.05) is 19.1 Å². The number of pyridine rings is 1. The normalized spacial score (nSPS) is 11.9. The highest BCUT2D eigenvalue weighted by Crippen LogP contribution is 2.20. The molecule has 1 N–H and O–H groups in total. The predicted molar refractivity (Wildman–Crippen MR) is 109 cm³/mol. The van der Waals surface area contributed by atoms with Gasteiger partial charge in [-0.25, -0.2) is 30.9 Å². The van der Waals surface area contributed by atoms with Crippen LogP contribution in [-0.2, 0) is 26.4 Å². The molecule has 158 valence electrons. The minimum absolute atomic E-state index is 0.0232. The first-order chi connectivity index (χ1) is 14.2. The number of benzene rings is 2. The van der Waals surface area contributed by atoms with Crippen molar-refractivity contribution in [1.29, 1.82) is 0 Å². The van der Waals surface area contributed by atoms with E-state index in [1.54, 1.807) is 18.2 Å². The highest BCUT2D eigenvalue weighted by Gasteiger charge is 2.17. The van der Waals surface area contributed by atoms with E-state index in [2.05, 4.69) is 9.71 Å². The van der Waals surface area contributed by atoms with Gasteiger partial charge in [-0.2, -0.15) is 0 Å². The van der Waals surface area contributed by atoms with Crippen LogP contribution in [0.3, 0.4) is 0 Å². The van der Waals surface area contributed by atoms with Crippen LogP contribution < -0.4 is 9.46 Å². The highest BCUT2D eigenvalue weighted by molar-refractivity contribution is 7.91. The molecule has 0 unspecified atom stereocenters. The van der Waals surface area contributed by atoms with Crippen molar-refractivity contribution in [1.82, 2.24) is 9.71 Å². The van der Waals surface area contributed by atoms with Crippen molar-refractivity contribution in [3.8, 4) is 11.6 Å². The SMILES string of the molecule is CCS(=O)(=O)c1ccc(S(=O)(=O)NCc2ccc(Oc3cccc(F)c3)nc2)cc1. The van der Waals surface area contributed by atoms with Gasteiger partial charge in [0.15, 0.2) is 9.84 Å². The van der Waals surface area contributed by atoms with Crippen LogP contribution in [0.5, 0.6) is 11.6 Å². The number of sulfone groups is 1. The molecule has 0 radical (unpaired) electrons. The molecule has 0 aliphatic rings. The van der Waals surface area contributed by atoms with Crippen molar-refractivity contribution in [3.63, 3.8) is 0 Å². The Hall–Kier alpha value is -2.82. The lowest BCUT2D eigenvalue weighted by Gasteiger charge is -2.09. The summed E-state index contributed by atoms with van der Waals surface area (Å²) in [6.45, 7) is 1.49. The molecule has 0 atom stereocenters. The second-order valence-electron chi connectivity index (χ2n) is 6.26. The smallest absolute Gasteiger partial charge is 0.240 e. The minimum Gasteiger partial charge on any atom is -0.439 e. The zero-order chi connectivity index (χ0) is 21.8. The summed E-state index contributed by atoms with van der Waals surface area (Å²) in [4.78, 5) is 4.11. The molecular weight excluding hydrogens is 431 g/mol. The van der Waals surface area contributed by atoms with Crippen LogP contribution in [0.2, 0.25) is 0 Å². The number of ether oxygens (including phenoxy) is 1. The summed E-state index contributed by atoms with van der Waals surface area (Å²) >= 11 is 0. The molecular formula is C20H19FN2O5S2. The van der Waals surface area contributed by atoms with E-state index in [-0.39, 0.29) is 28.0 Å². The first-order valence-electron chi connectivity index (χ1n) is 8.90. The maximum atomic E-state index is 13.2. The summed E-state index contributed by atoms with van der Waals surface area (Å²) in [6, 6.07) is 13.8. The molecule has 1 aromatic heterocycles. The van der Waals surface area contributed by atoms with Crippen LogP contribution in [0.1, 0.15) is 12.5 Å². The molecule has 0 saturated carbocycles. The third kappa shape index (κ3) is 5.41. The molecule has 0 saturated heterocycles. The Morgan fingerprint density at radius 2 is 1.67 bits per heavy atom. The van der Waals surface area contributed by atoms with Crippen molar-refractivity contribution in [2.24, 2.45) is 0 Å². The van der Waals surface area contributed by atoms with Crippen LogP contribution in [0, 0.1) is 5.82 Å². The molecule has 3 aromatic rings. The lowest BCUT2D eigenvalue weighted by atomic mass is 10.3. The molecule has 7 nitrogen and oxygen atoms in total. The van der Waals surface area contributed by atoms with Gasteiger partial charge in [0.05, 0.1) is 15.5 Å². The lowest BCUT2D eigenvalue weighted by Crippen LogP contribution is -2.23. The fourth-order valence-electron chi connectivity index (χ4n) is 2.48. The van der Waals surface area contributed by atoms with Gasteiger partial charge in [-0.3, -0.25) is 0 Å². The largest absolute Gasteiger partial charge is 0.439 e. The summed E-state index contributed by atoms with van der Waals surface area (Å²) in [6.07, 6.45) is 1.44. The van der Waals surface area contributed by atoms with Gasteiger partial charge in [0.25, 0.3) is 0 Å². The van der Waals surface area contributed by atoms with Gasteiger partial charge in [0.1, 0.15) is 11.6 Å². The van der Waals surface area contributed by atoms with E-state index in [1.165, 1.54) is 55.6 Å². The lowest BCUT2D eigenvalue weighted by molar-refractivity contribution is 0.457. The Morgan fingerprint density at radius 1 is 0.967 bits per heavy atom. The Balaban J connectivity index is 1.64. The van der Waals surface area contributed by atoms with Crippen molar-refractivity contribution in [3.05, 3.63) is 78.2 Å². The van der Waals surface area contributed by atoms with Gasteiger partial charge in [0.2, 0.25) is 15.9 Å². The molecule has 0 aliphatic heterocycles. The summed E-state index contributed by atoms with van der Waals surface area (Å²) in [5, 5.41) is 0. The second-order valence-corrected chi connectivity index (χ2v) is 10.3. The third-order valence-electron chi connectivity index (χ3n) is 4.16. The molecule has 2 aromatic carbocycles. The molecule has 0 amide bonds. The number of hydrogen-bond donors (Lipinski definition) is 1. The molecule has 0 fully saturated rings. The molecule has 10 heteroatoms. The van der Waals surface area contributed by atoms with Gasteiger partial charge in [0, 0.05) is 24.9 Å². The highest BCUT2D eigenvalue weighted by atomic mass is 32.2. The summed E-state index contributed by atoms with van der Waals surface area (Å²) in [7, 11) is -7.24.